The van der Waals surface area contributed by atoms with Gasteiger partial charge in [-0.1, -0.05) is 23.7 Å². The van der Waals surface area contributed by atoms with Crippen LogP contribution in [0.2, 0.25) is 5.02 Å². The van der Waals surface area contributed by atoms with Crippen LogP contribution in [0.4, 0.5) is 0 Å². The van der Waals surface area contributed by atoms with Crippen molar-refractivity contribution in [3.8, 4) is 0 Å². The quantitative estimate of drug-likeness (QED) is 0.838. The van der Waals surface area contributed by atoms with Gasteiger partial charge in [0.25, 0.3) is 0 Å². The molecule has 0 radical (unpaired) electrons. The van der Waals surface area contributed by atoms with Crippen LogP contribution < -0.4 is 5.32 Å². The number of likely N-dealkylation sites (N-methyl/N-ethyl adjacent to an activating group) is 1. The zero-order valence-corrected chi connectivity index (χ0v) is 14.3. The number of benzene rings is 1. The Morgan fingerprint density at radius 1 is 1.38 bits per heavy atom. The number of aromatic nitrogens is 1. The average molecular weight is 366 g/mol. The zero-order valence-electron chi connectivity index (χ0n) is 11.9. The van der Waals surface area contributed by atoms with E-state index in [1.807, 2.05) is 31.4 Å². The second-order valence-electron chi connectivity index (χ2n) is 5.49. The molecule has 1 N–H and O–H groups in total. The molecule has 2 atom stereocenters. The van der Waals surface area contributed by atoms with Gasteiger partial charge in [0.1, 0.15) is 0 Å². The van der Waals surface area contributed by atoms with Gasteiger partial charge in [-0.05, 0) is 71.6 Å². The minimum absolute atomic E-state index is 0.240. The van der Waals surface area contributed by atoms with Crippen molar-refractivity contribution in [3.63, 3.8) is 0 Å². The van der Waals surface area contributed by atoms with Crippen LogP contribution in [0.5, 0.6) is 0 Å². The van der Waals surface area contributed by atoms with Crippen LogP contribution in [-0.2, 0) is 6.42 Å². The van der Waals surface area contributed by atoms with Crippen molar-refractivity contribution in [1.29, 1.82) is 0 Å². The van der Waals surface area contributed by atoms with E-state index in [1.165, 1.54) is 23.2 Å². The van der Waals surface area contributed by atoms with Crippen LogP contribution in [0.15, 0.2) is 41.0 Å². The summed E-state index contributed by atoms with van der Waals surface area (Å²) >= 11 is 9.72. The molecule has 4 heteroatoms. The predicted octanol–water partition coefficient (Wildman–Crippen LogP) is 4.88. The van der Waals surface area contributed by atoms with Crippen molar-refractivity contribution in [1.82, 2.24) is 10.3 Å². The highest BCUT2D eigenvalue weighted by Gasteiger charge is 2.29. The van der Waals surface area contributed by atoms with Gasteiger partial charge in [0, 0.05) is 28.3 Å². The normalized spacial score (nSPS) is 19.1. The molecule has 0 saturated carbocycles. The maximum atomic E-state index is 6.26. The first-order chi connectivity index (χ1) is 10.2. The summed E-state index contributed by atoms with van der Waals surface area (Å²) in [5.74, 6) is 0.400. The number of aryl methyl sites for hydroxylation is 1. The van der Waals surface area contributed by atoms with E-state index >= 15 is 0 Å². The highest BCUT2D eigenvalue weighted by Crippen LogP contribution is 2.40. The van der Waals surface area contributed by atoms with E-state index in [0.717, 1.165) is 22.3 Å². The topological polar surface area (TPSA) is 24.9 Å². The molecule has 21 heavy (non-hydrogen) atoms. The van der Waals surface area contributed by atoms with Gasteiger partial charge in [0.2, 0.25) is 0 Å². The lowest BCUT2D eigenvalue weighted by Gasteiger charge is -2.31. The fraction of sp³-hybridized carbons (Fsp3) is 0.353. The van der Waals surface area contributed by atoms with Crippen LogP contribution in [-0.4, -0.2) is 12.0 Å². The van der Waals surface area contributed by atoms with Gasteiger partial charge < -0.3 is 5.32 Å². The first-order valence-electron chi connectivity index (χ1n) is 7.26. The Bertz CT molecular complexity index is 644. The van der Waals surface area contributed by atoms with Gasteiger partial charge in [0.05, 0.1) is 5.02 Å². The molecule has 110 valence electrons. The first kappa shape index (κ1) is 15.0. The zero-order chi connectivity index (χ0) is 14.8. The number of nitrogens with one attached hydrogen (secondary N) is 1. The Morgan fingerprint density at radius 2 is 2.24 bits per heavy atom. The summed E-state index contributed by atoms with van der Waals surface area (Å²) in [5.41, 5.74) is 3.84. The standard InChI is InChI=1S/C17H18BrClN2/c1-20-16(12-7-8-14(18)15(19)10-12)13-6-2-4-11-5-3-9-21-17(11)13/h3,5,7-10,13,16,20H,2,4,6H2,1H3. The molecule has 2 unspecified atom stereocenters. The van der Waals surface area contributed by atoms with Crippen molar-refractivity contribution in [2.24, 2.45) is 0 Å². The lowest BCUT2D eigenvalue weighted by atomic mass is 9.79. The lowest BCUT2D eigenvalue weighted by molar-refractivity contribution is 0.416. The van der Waals surface area contributed by atoms with Crippen LogP contribution in [0.25, 0.3) is 0 Å². The summed E-state index contributed by atoms with van der Waals surface area (Å²) < 4.78 is 0.935. The molecular weight excluding hydrogens is 348 g/mol. The molecule has 2 aromatic rings. The van der Waals surface area contributed by atoms with E-state index in [1.54, 1.807) is 0 Å². The maximum Gasteiger partial charge on any atom is 0.0551 e. The molecular formula is C17H18BrClN2. The number of hydrogen-bond acceptors (Lipinski definition) is 2. The first-order valence-corrected chi connectivity index (χ1v) is 8.44. The smallest absolute Gasteiger partial charge is 0.0551 e. The van der Waals surface area contributed by atoms with Gasteiger partial charge in [-0.15, -0.1) is 0 Å². The van der Waals surface area contributed by atoms with Gasteiger partial charge >= 0.3 is 0 Å². The molecule has 0 spiro atoms. The minimum atomic E-state index is 0.240. The Balaban J connectivity index is 1.99. The van der Waals surface area contributed by atoms with Crippen molar-refractivity contribution >= 4 is 27.5 Å². The van der Waals surface area contributed by atoms with Crippen molar-refractivity contribution in [2.75, 3.05) is 7.05 Å². The van der Waals surface area contributed by atoms with E-state index in [9.17, 15) is 0 Å². The molecule has 1 aromatic heterocycles. The van der Waals surface area contributed by atoms with E-state index in [-0.39, 0.29) is 6.04 Å². The summed E-state index contributed by atoms with van der Waals surface area (Å²) in [5, 5.41) is 4.22. The SMILES string of the molecule is CNC(c1ccc(Br)c(Cl)c1)C1CCCc2cccnc21. The lowest BCUT2D eigenvalue weighted by Crippen LogP contribution is -2.27. The molecule has 0 bridgehead atoms. The van der Waals surface area contributed by atoms with E-state index in [0.29, 0.717) is 5.92 Å². The third-order valence-corrected chi connectivity index (χ3v) is 5.49. The third-order valence-electron chi connectivity index (χ3n) is 4.25. The molecule has 0 saturated heterocycles. The molecule has 3 rings (SSSR count). The third kappa shape index (κ3) is 3.01. The van der Waals surface area contributed by atoms with Gasteiger partial charge in [-0.25, -0.2) is 0 Å². The van der Waals surface area contributed by atoms with E-state index in [4.69, 9.17) is 11.6 Å². The van der Waals surface area contributed by atoms with Crippen LogP contribution >= 0.6 is 27.5 Å². The highest BCUT2D eigenvalue weighted by atomic mass is 79.9. The number of rotatable bonds is 3. The molecule has 1 heterocycles. The summed E-state index contributed by atoms with van der Waals surface area (Å²) in [7, 11) is 2.01. The largest absolute Gasteiger partial charge is 0.312 e. The fourth-order valence-electron chi connectivity index (χ4n) is 3.28. The fourth-order valence-corrected chi connectivity index (χ4v) is 3.71. The summed E-state index contributed by atoms with van der Waals surface area (Å²) in [6.07, 6.45) is 5.41. The van der Waals surface area contributed by atoms with E-state index in [2.05, 4.69) is 38.4 Å². The predicted molar refractivity (Wildman–Crippen MR) is 90.9 cm³/mol. The average Bonchev–Trinajstić information content (AvgIpc) is 2.52. The summed E-state index contributed by atoms with van der Waals surface area (Å²) in [6.45, 7) is 0. The van der Waals surface area contributed by atoms with Gasteiger partial charge in [-0.2, -0.15) is 0 Å². The Labute approximate surface area is 139 Å². The van der Waals surface area contributed by atoms with Crippen molar-refractivity contribution in [3.05, 3.63) is 62.8 Å². The highest BCUT2D eigenvalue weighted by molar-refractivity contribution is 9.10. The number of nitrogens with zero attached hydrogens (tertiary/aromatic N) is 1. The number of fused-ring (bicyclic) bond motifs is 1. The molecule has 0 fully saturated rings. The second-order valence-corrected chi connectivity index (χ2v) is 6.75. The van der Waals surface area contributed by atoms with Crippen LogP contribution in [0.1, 0.15) is 41.6 Å². The van der Waals surface area contributed by atoms with Gasteiger partial charge in [0.15, 0.2) is 0 Å². The number of pyridine rings is 1. The van der Waals surface area contributed by atoms with Crippen molar-refractivity contribution < 1.29 is 0 Å². The Kier molecular flexibility index (Phi) is 4.63. The maximum absolute atomic E-state index is 6.26. The second kappa shape index (κ2) is 6.47. The van der Waals surface area contributed by atoms with Gasteiger partial charge in [-0.3, -0.25) is 4.98 Å². The molecule has 1 aliphatic carbocycles. The summed E-state index contributed by atoms with van der Waals surface area (Å²) in [6, 6.07) is 10.7. The Hall–Kier alpha value is -0.900. The molecule has 1 aromatic carbocycles. The van der Waals surface area contributed by atoms with Crippen LogP contribution in [0, 0.1) is 0 Å². The number of halogens is 2. The summed E-state index contributed by atoms with van der Waals surface area (Å²) in [4.78, 5) is 4.65. The molecule has 0 aliphatic heterocycles. The van der Waals surface area contributed by atoms with E-state index < -0.39 is 0 Å². The molecule has 2 nitrogen and oxygen atoms in total. The van der Waals surface area contributed by atoms with Crippen LogP contribution in [0.3, 0.4) is 0 Å². The number of hydrogen-bond donors (Lipinski definition) is 1. The van der Waals surface area contributed by atoms with Crippen molar-refractivity contribution in [2.45, 2.75) is 31.2 Å². The Morgan fingerprint density at radius 3 is 3.00 bits per heavy atom. The minimum Gasteiger partial charge on any atom is -0.312 e. The molecule has 1 aliphatic rings. The monoisotopic (exact) mass is 364 g/mol. The molecule has 0 amide bonds.